The summed E-state index contributed by atoms with van der Waals surface area (Å²) in [6.45, 7) is 2.22. The molecule has 128 valence electrons. The Kier molecular flexibility index (Phi) is 4.57. The molecule has 1 aromatic heterocycles. The largest absolute Gasteiger partial charge is 0.487 e. The third-order valence-corrected chi connectivity index (χ3v) is 4.25. The fraction of sp³-hybridized carbons (Fsp3) is 0.200. The van der Waals surface area contributed by atoms with Crippen molar-refractivity contribution in [1.82, 2.24) is 9.13 Å². The minimum atomic E-state index is -0.360. The van der Waals surface area contributed by atoms with Gasteiger partial charge in [0, 0.05) is 20.2 Å². The molecule has 0 aliphatic heterocycles. The molecule has 5 nitrogen and oxygen atoms in total. The van der Waals surface area contributed by atoms with Crippen molar-refractivity contribution >= 4 is 0 Å². The molecule has 0 fully saturated rings. The van der Waals surface area contributed by atoms with Gasteiger partial charge in [0.2, 0.25) is 0 Å². The molecular formula is C20H20N2O3. The molecule has 0 spiro atoms. The third-order valence-electron chi connectivity index (χ3n) is 4.25. The van der Waals surface area contributed by atoms with E-state index in [0.29, 0.717) is 11.4 Å². The monoisotopic (exact) mass is 336 g/mol. The topological polar surface area (TPSA) is 53.2 Å². The number of aryl methyl sites for hydroxylation is 1. The zero-order valence-corrected chi connectivity index (χ0v) is 14.5. The molecule has 0 amide bonds. The minimum absolute atomic E-state index is 0.158. The molecular weight excluding hydrogens is 316 g/mol. The highest BCUT2D eigenvalue weighted by Gasteiger charge is 2.07. The van der Waals surface area contributed by atoms with Crippen LogP contribution in [0, 0.1) is 6.92 Å². The van der Waals surface area contributed by atoms with Gasteiger partial charge in [0.1, 0.15) is 12.4 Å². The van der Waals surface area contributed by atoms with E-state index in [1.165, 1.54) is 23.2 Å². The molecule has 0 radical (unpaired) electrons. The Balaban J connectivity index is 1.76. The van der Waals surface area contributed by atoms with Crippen molar-refractivity contribution in [3.8, 4) is 16.9 Å². The fourth-order valence-corrected chi connectivity index (χ4v) is 2.56. The van der Waals surface area contributed by atoms with Gasteiger partial charge in [0.05, 0.1) is 5.69 Å². The molecule has 5 heteroatoms. The highest BCUT2D eigenvalue weighted by atomic mass is 16.5. The van der Waals surface area contributed by atoms with Gasteiger partial charge < -0.3 is 4.74 Å². The first kappa shape index (κ1) is 16.8. The molecule has 3 rings (SSSR count). The number of ether oxygens (including phenoxy) is 1. The second-order valence-corrected chi connectivity index (χ2v) is 6.05. The zero-order valence-electron chi connectivity index (χ0n) is 14.5. The van der Waals surface area contributed by atoms with Gasteiger partial charge in [0.15, 0.2) is 0 Å². The second-order valence-electron chi connectivity index (χ2n) is 6.05. The molecule has 0 bridgehead atoms. The van der Waals surface area contributed by atoms with Gasteiger partial charge >= 0.3 is 5.69 Å². The van der Waals surface area contributed by atoms with Crippen LogP contribution < -0.4 is 16.0 Å². The number of aromatic nitrogens is 2. The highest BCUT2D eigenvalue weighted by molar-refractivity contribution is 5.64. The smallest absolute Gasteiger partial charge is 0.330 e. The summed E-state index contributed by atoms with van der Waals surface area (Å²) in [5, 5.41) is 0. The van der Waals surface area contributed by atoms with Gasteiger partial charge in [0.25, 0.3) is 5.56 Å². The van der Waals surface area contributed by atoms with Crippen molar-refractivity contribution in [3.63, 3.8) is 0 Å². The summed E-state index contributed by atoms with van der Waals surface area (Å²) in [5.74, 6) is 0.684. The van der Waals surface area contributed by atoms with Gasteiger partial charge in [-0.25, -0.2) is 4.79 Å². The maximum Gasteiger partial charge on any atom is 0.330 e. The average Bonchev–Trinajstić information content (AvgIpc) is 2.63. The molecule has 2 aromatic carbocycles. The fourth-order valence-electron chi connectivity index (χ4n) is 2.56. The Morgan fingerprint density at radius 1 is 0.840 bits per heavy atom. The van der Waals surface area contributed by atoms with Gasteiger partial charge in [-0.2, -0.15) is 0 Å². The summed E-state index contributed by atoms with van der Waals surface area (Å²) in [7, 11) is 3.08. The highest BCUT2D eigenvalue weighted by Crippen LogP contribution is 2.23. The summed E-state index contributed by atoms with van der Waals surface area (Å²) in [6, 6.07) is 17.5. The molecule has 0 N–H and O–H groups in total. The zero-order chi connectivity index (χ0) is 18.0. The van der Waals surface area contributed by atoms with Crippen LogP contribution in [0.25, 0.3) is 11.1 Å². The van der Waals surface area contributed by atoms with Crippen LogP contribution in [0.5, 0.6) is 5.75 Å². The van der Waals surface area contributed by atoms with Crippen LogP contribution >= 0.6 is 0 Å². The normalized spacial score (nSPS) is 10.7. The first-order chi connectivity index (χ1) is 12.0. The summed E-state index contributed by atoms with van der Waals surface area (Å²) in [5.41, 5.74) is 3.32. The maximum absolute atomic E-state index is 11.9. The van der Waals surface area contributed by atoms with E-state index in [9.17, 15) is 9.59 Å². The van der Waals surface area contributed by atoms with Crippen molar-refractivity contribution in [1.29, 1.82) is 0 Å². The molecule has 0 unspecified atom stereocenters. The summed E-state index contributed by atoms with van der Waals surface area (Å²) >= 11 is 0. The van der Waals surface area contributed by atoms with E-state index in [2.05, 4.69) is 31.2 Å². The Morgan fingerprint density at radius 3 is 2.00 bits per heavy atom. The van der Waals surface area contributed by atoms with E-state index in [-0.39, 0.29) is 17.9 Å². The lowest BCUT2D eigenvalue weighted by atomic mass is 10.0. The molecule has 0 atom stereocenters. The number of hydrogen-bond donors (Lipinski definition) is 0. The summed E-state index contributed by atoms with van der Waals surface area (Å²) in [6.07, 6.45) is 0. The number of benzene rings is 2. The maximum atomic E-state index is 11.9. The molecule has 0 aliphatic carbocycles. The Hall–Kier alpha value is -3.08. The van der Waals surface area contributed by atoms with Crippen molar-refractivity contribution < 1.29 is 4.74 Å². The van der Waals surface area contributed by atoms with Crippen molar-refractivity contribution in [2.45, 2.75) is 13.5 Å². The lowest BCUT2D eigenvalue weighted by molar-refractivity contribution is 0.293. The second kappa shape index (κ2) is 6.81. The van der Waals surface area contributed by atoms with Crippen molar-refractivity contribution in [2.75, 3.05) is 0 Å². The molecule has 0 saturated heterocycles. The number of nitrogens with zero attached hydrogens (tertiary/aromatic N) is 2. The summed E-state index contributed by atoms with van der Waals surface area (Å²) in [4.78, 5) is 23.7. The Labute approximate surface area is 145 Å². The first-order valence-corrected chi connectivity index (χ1v) is 8.01. The summed E-state index contributed by atoms with van der Waals surface area (Å²) < 4.78 is 8.21. The van der Waals surface area contributed by atoms with E-state index < -0.39 is 0 Å². The predicted octanol–water partition coefficient (Wildman–Crippen LogP) is 2.64. The van der Waals surface area contributed by atoms with Gasteiger partial charge in [-0.15, -0.1) is 0 Å². The molecule has 1 heterocycles. The first-order valence-electron chi connectivity index (χ1n) is 8.01. The van der Waals surface area contributed by atoms with E-state index >= 15 is 0 Å². The van der Waals surface area contributed by atoms with Crippen LogP contribution in [0.4, 0.5) is 0 Å². The van der Waals surface area contributed by atoms with E-state index in [1.54, 1.807) is 7.05 Å². The molecule has 0 saturated carbocycles. The van der Waals surface area contributed by atoms with Gasteiger partial charge in [-0.3, -0.25) is 13.9 Å². The Bertz CT molecular complexity index is 997. The lowest BCUT2D eigenvalue weighted by Gasteiger charge is -2.11. The van der Waals surface area contributed by atoms with Crippen molar-refractivity contribution in [2.24, 2.45) is 14.1 Å². The van der Waals surface area contributed by atoms with Crippen LogP contribution in [-0.2, 0) is 20.7 Å². The van der Waals surface area contributed by atoms with Crippen molar-refractivity contribution in [3.05, 3.63) is 86.7 Å². The van der Waals surface area contributed by atoms with Crippen LogP contribution in [-0.4, -0.2) is 9.13 Å². The standard InChI is InChI=1S/C20H20N2O3/c1-14-4-6-15(7-5-14)16-8-10-18(11-9-16)25-13-17-12-19(23)22(3)20(24)21(17)2/h4-12H,13H2,1-3H3. The van der Waals surface area contributed by atoms with Crippen LogP contribution in [0.3, 0.4) is 0 Å². The quantitative estimate of drug-likeness (QED) is 0.736. The van der Waals surface area contributed by atoms with Crippen LogP contribution in [0.2, 0.25) is 0 Å². The van der Waals surface area contributed by atoms with E-state index in [4.69, 9.17) is 4.74 Å². The number of rotatable bonds is 4. The van der Waals surface area contributed by atoms with E-state index in [0.717, 1.165) is 15.7 Å². The van der Waals surface area contributed by atoms with Crippen LogP contribution in [0.15, 0.2) is 64.2 Å². The molecule has 25 heavy (non-hydrogen) atoms. The number of hydrogen-bond acceptors (Lipinski definition) is 3. The van der Waals surface area contributed by atoms with Gasteiger partial charge in [-0.05, 0) is 30.2 Å². The predicted molar refractivity (Wildman–Crippen MR) is 97.9 cm³/mol. The SMILES string of the molecule is Cc1ccc(-c2ccc(OCc3cc(=O)n(C)c(=O)n3C)cc2)cc1. The third kappa shape index (κ3) is 3.55. The van der Waals surface area contributed by atoms with Crippen LogP contribution in [0.1, 0.15) is 11.3 Å². The van der Waals surface area contributed by atoms with Gasteiger partial charge in [-0.1, -0.05) is 42.0 Å². The average molecular weight is 336 g/mol. The lowest BCUT2D eigenvalue weighted by Crippen LogP contribution is -2.38. The molecule has 3 aromatic rings. The minimum Gasteiger partial charge on any atom is -0.487 e. The molecule has 0 aliphatic rings. The Morgan fingerprint density at radius 2 is 1.40 bits per heavy atom. The van der Waals surface area contributed by atoms with E-state index in [1.807, 2.05) is 24.3 Å².